The fourth-order valence-electron chi connectivity index (χ4n) is 1.04. The minimum atomic E-state index is -3.16. The zero-order valence-corrected chi connectivity index (χ0v) is 9.90. The topological polar surface area (TPSA) is 82.3 Å². The van der Waals surface area contributed by atoms with Gasteiger partial charge in [-0.05, 0) is 15.9 Å². The minimum absolute atomic E-state index is 0.0829. The van der Waals surface area contributed by atoms with E-state index >= 15 is 0 Å². The van der Waals surface area contributed by atoms with Gasteiger partial charge in [0.2, 0.25) is 0 Å². The Hall–Kier alpha value is -1.64. The first-order chi connectivity index (χ1) is 7.88. The Kier molecular flexibility index (Phi) is 4.05. The van der Waals surface area contributed by atoms with E-state index in [1.165, 1.54) is 0 Å². The lowest BCUT2D eigenvalue weighted by Gasteiger charge is -2.05. The highest BCUT2D eigenvalue weighted by Crippen LogP contribution is 2.31. The number of hydrogen-bond acceptors (Lipinski definition) is 5. The molecule has 1 aromatic heterocycles. The Balaban J connectivity index is 3.45. The summed E-state index contributed by atoms with van der Waals surface area (Å²) < 4.78 is 29.3. The molecule has 0 aliphatic carbocycles. The van der Waals surface area contributed by atoms with Gasteiger partial charge in [-0.1, -0.05) is 0 Å². The Morgan fingerprint density at radius 1 is 1.65 bits per heavy atom. The summed E-state index contributed by atoms with van der Waals surface area (Å²) in [5.41, 5.74) is -2.37. The lowest BCUT2D eigenvalue weighted by Crippen LogP contribution is -2.09. The number of hydrogen-bond donors (Lipinski definition) is 0. The Morgan fingerprint density at radius 3 is 2.65 bits per heavy atom. The second-order valence-electron chi connectivity index (χ2n) is 2.77. The van der Waals surface area contributed by atoms with Crippen molar-refractivity contribution in [2.75, 3.05) is 7.11 Å². The molecule has 0 saturated carbocycles. The van der Waals surface area contributed by atoms with Crippen LogP contribution in [0.4, 0.5) is 14.5 Å². The van der Waals surface area contributed by atoms with Gasteiger partial charge in [0.1, 0.15) is 0 Å². The SMILES string of the molecule is COC(=O)c1nc(C(F)F)c([N+](=O)[O-])cc1Br. The average Bonchev–Trinajstić information content (AvgIpc) is 2.27. The smallest absolute Gasteiger partial charge is 0.357 e. The lowest BCUT2D eigenvalue weighted by molar-refractivity contribution is -0.386. The van der Waals surface area contributed by atoms with Gasteiger partial charge in [0, 0.05) is 6.07 Å². The number of methoxy groups -OCH3 is 1. The summed E-state index contributed by atoms with van der Waals surface area (Å²) in [6.07, 6.45) is -3.16. The summed E-state index contributed by atoms with van der Waals surface area (Å²) in [5, 5.41) is 10.5. The molecule has 0 atom stereocenters. The molecule has 0 radical (unpaired) electrons. The van der Waals surface area contributed by atoms with Gasteiger partial charge in [-0.15, -0.1) is 0 Å². The van der Waals surface area contributed by atoms with Gasteiger partial charge >= 0.3 is 5.97 Å². The van der Waals surface area contributed by atoms with Gasteiger partial charge in [-0.3, -0.25) is 10.1 Å². The lowest BCUT2D eigenvalue weighted by atomic mass is 10.2. The highest BCUT2D eigenvalue weighted by atomic mass is 79.9. The number of esters is 1. The van der Waals surface area contributed by atoms with Gasteiger partial charge < -0.3 is 4.74 Å². The maximum Gasteiger partial charge on any atom is 0.357 e. The number of pyridine rings is 1. The van der Waals surface area contributed by atoms with Gasteiger partial charge in [0.15, 0.2) is 11.4 Å². The minimum Gasteiger partial charge on any atom is -0.464 e. The summed E-state index contributed by atoms with van der Waals surface area (Å²) in [7, 11) is 1.04. The van der Waals surface area contributed by atoms with Crippen LogP contribution >= 0.6 is 15.9 Å². The van der Waals surface area contributed by atoms with Crippen LogP contribution in [-0.2, 0) is 4.74 Å². The predicted molar refractivity (Wildman–Crippen MR) is 54.9 cm³/mol. The van der Waals surface area contributed by atoms with E-state index in [2.05, 4.69) is 25.7 Å². The van der Waals surface area contributed by atoms with Crippen LogP contribution in [0.1, 0.15) is 22.6 Å². The Labute approximate surface area is 102 Å². The van der Waals surface area contributed by atoms with E-state index in [1.807, 2.05) is 0 Å². The molecule has 1 aromatic rings. The molecule has 1 heterocycles. The highest BCUT2D eigenvalue weighted by Gasteiger charge is 2.28. The number of nitrogens with zero attached hydrogens (tertiary/aromatic N) is 2. The maximum absolute atomic E-state index is 12.5. The van der Waals surface area contributed by atoms with Crippen LogP contribution in [0.2, 0.25) is 0 Å². The third-order valence-corrected chi connectivity index (χ3v) is 2.37. The fraction of sp³-hybridized carbons (Fsp3) is 0.250. The van der Waals surface area contributed by atoms with Crippen LogP contribution in [0.3, 0.4) is 0 Å². The highest BCUT2D eigenvalue weighted by molar-refractivity contribution is 9.10. The third kappa shape index (κ3) is 2.73. The number of nitro groups is 1. The normalized spacial score (nSPS) is 10.4. The van der Waals surface area contributed by atoms with Crippen LogP contribution in [0.25, 0.3) is 0 Å². The van der Waals surface area contributed by atoms with E-state index in [4.69, 9.17) is 0 Å². The van der Waals surface area contributed by atoms with E-state index in [-0.39, 0.29) is 4.47 Å². The van der Waals surface area contributed by atoms with Gasteiger partial charge in [0.05, 0.1) is 16.5 Å². The Morgan fingerprint density at radius 2 is 2.24 bits per heavy atom. The van der Waals surface area contributed by atoms with Crippen molar-refractivity contribution >= 4 is 27.6 Å². The van der Waals surface area contributed by atoms with E-state index in [0.717, 1.165) is 13.2 Å². The van der Waals surface area contributed by atoms with E-state index < -0.39 is 34.4 Å². The van der Waals surface area contributed by atoms with Crippen LogP contribution in [0.15, 0.2) is 10.5 Å². The fourth-order valence-corrected chi connectivity index (χ4v) is 1.51. The summed E-state index contributed by atoms with van der Waals surface area (Å²) in [6.45, 7) is 0. The molecule has 92 valence electrons. The van der Waals surface area contributed by atoms with Crippen molar-refractivity contribution in [3.63, 3.8) is 0 Å². The second kappa shape index (κ2) is 5.13. The number of carbonyl (C=O) groups excluding carboxylic acids is 1. The molecule has 0 unspecified atom stereocenters. The van der Waals surface area contributed by atoms with Crippen LogP contribution in [0, 0.1) is 10.1 Å². The number of carbonyl (C=O) groups is 1. The number of halogens is 3. The van der Waals surface area contributed by atoms with E-state index in [0.29, 0.717) is 0 Å². The monoisotopic (exact) mass is 310 g/mol. The molecule has 0 spiro atoms. The van der Waals surface area contributed by atoms with Crippen LogP contribution < -0.4 is 0 Å². The first kappa shape index (κ1) is 13.4. The van der Waals surface area contributed by atoms with Crippen molar-refractivity contribution in [3.05, 3.63) is 32.0 Å². The zero-order chi connectivity index (χ0) is 13.2. The first-order valence-electron chi connectivity index (χ1n) is 4.09. The molecular weight excluding hydrogens is 306 g/mol. The van der Waals surface area contributed by atoms with Gasteiger partial charge in [0.25, 0.3) is 12.1 Å². The van der Waals surface area contributed by atoms with Crippen molar-refractivity contribution in [3.8, 4) is 0 Å². The van der Waals surface area contributed by atoms with Crippen molar-refractivity contribution in [1.82, 2.24) is 4.98 Å². The average molecular weight is 311 g/mol. The van der Waals surface area contributed by atoms with Crippen LogP contribution in [0.5, 0.6) is 0 Å². The van der Waals surface area contributed by atoms with E-state index in [1.54, 1.807) is 0 Å². The number of ether oxygens (including phenoxy) is 1. The first-order valence-corrected chi connectivity index (χ1v) is 4.89. The third-order valence-electron chi connectivity index (χ3n) is 1.77. The maximum atomic E-state index is 12.5. The summed E-state index contributed by atoms with van der Waals surface area (Å²) in [6, 6.07) is 0.792. The van der Waals surface area contributed by atoms with Crippen molar-refractivity contribution in [1.29, 1.82) is 0 Å². The van der Waals surface area contributed by atoms with Crippen molar-refractivity contribution in [2.45, 2.75) is 6.43 Å². The summed E-state index contributed by atoms with van der Waals surface area (Å²) in [5.74, 6) is -0.964. The van der Waals surface area contributed by atoms with Crippen molar-refractivity contribution < 1.29 is 23.2 Å². The molecular formula is C8H5BrF2N2O4. The standard InChI is InChI=1S/C8H5BrF2N2O4/c1-17-8(14)5-3(9)2-4(13(15)16)6(12-5)7(10)11/h2,7H,1H3. The molecule has 0 bridgehead atoms. The molecule has 0 aromatic carbocycles. The number of aromatic nitrogens is 1. The summed E-state index contributed by atoms with van der Waals surface area (Å²) >= 11 is 2.83. The molecule has 1 rings (SSSR count). The molecule has 6 nitrogen and oxygen atoms in total. The molecule has 0 saturated heterocycles. The molecule has 0 amide bonds. The van der Waals surface area contributed by atoms with Gasteiger partial charge in [-0.2, -0.15) is 0 Å². The molecule has 17 heavy (non-hydrogen) atoms. The number of alkyl halides is 2. The molecule has 0 fully saturated rings. The Bertz CT molecular complexity index is 481. The van der Waals surface area contributed by atoms with Crippen LogP contribution in [-0.4, -0.2) is 23.0 Å². The molecule has 9 heteroatoms. The zero-order valence-electron chi connectivity index (χ0n) is 8.32. The molecule has 0 aliphatic rings. The molecule has 0 N–H and O–H groups in total. The predicted octanol–water partition coefficient (Wildman–Crippen LogP) is 2.48. The number of rotatable bonds is 3. The van der Waals surface area contributed by atoms with Gasteiger partial charge in [-0.25, -0.2) is 18.6 Å². The summed E-state index contributed by atoms with van der Waals surface area (Å²) in [4.78, 5) is 23.9. The molecule has 0 aliphatic heterocycles. The van der Waals surface area contributed by atoms with Crippen molar-refractivity contribution in [2.24, 2.45) is 0 Å². The quantitative estimate of drug-likeness (QED) is 0.486. The second-order valence-corrected chi connectivity index (χ2v) is 3.63. The largest absolute Gasteiger partial charge is 0.464 e. The van der Waals surface area contributed by atoms with E-state index in [9.17, 15) is 23.7 Å².